The molecule has 15 heavy (non-hydrogen) atoms. The van der Waals surface area contributed by atoms with Crippen LogP contribution in [0.5, 0.6) is 0 Å². The first-order chi connectivity index (χ1) is 6.73. The van der Waals surface area contributed by atoms with Gasteiger partial charge in [-0.2, -0.15) is 13.2 Å². The van der Waals surface area contributed by atoms with E-state index in [1.165, 1.54) is 6.92 Å². The topological polar surface area (TPSA) is 12.9 Å². The minimum absolute atomic E-state index is 0.0667. The van der Waals surface area contributed by atoms with Crippen molar-refractivity contribution < 1.29 is 22.0 Å². The van der Waals surface area contributed by atoms with Crippen molar-refractivity contribution >= 4 is 11.6 Å². The zero-order valence-electron chi connectivity index (χ0n) is 7.37. The van der Waals surface area contributed by atoms with Gasteiger partial charge in [0.05, 0.1) is 5.02 Å². The van der Waals surface area contributed by atoms with Gasteiger partial charge in [0.2, 0.25) is 0 Å². The molecule has 1 nitrogen and oxygen atoms in total. The Balaban J connectivity index is 3.37. The van der Waals surface area contributed by atoms with Crippen LogP contribution in [0.1, 0.15) is 23.4 Å². The second kappa shape index (κ2) is 3.92. The third kappa shape index (κ3) is 2.56. The molecule has 0 saturated carbocycles. The maximum Gasteiger partial charge on any atom is 0.434 e. The van der Waals surface area contributed by atoms with Crippen molar-refractivity contribution in [2.24, 2.45) is 0 Å². The highest BCUT2D eigenvalue weighted by Crippen LogP contribution is 2.35. The number of aromatic nitrogens is 1. The summed E-state index contributed by atoms with van der Waals surface area (Å²) in [6.07, 6.45) is -7.88. The van der Waals surface area contributed by atoms with Crippen LogP contribution < -0.4 is 0 Å². The average molecular weight is 246 g/mol. The number of pyridine rings is 1. The molecule has 0 aromatic carbocycles. The van der Waals surface area contributed by atoms with Gasteiger partial charge in [0.25, 0.3) is 6.43 Å². The fourth-order valence-corrected chi connectivity index (χ4v) is 1.33. The summed E-state index contributed by atoms with van der Waals surface area (Å²) in [4.78, 5) is 2.84. The quantitative estimate of drug-likeness (QED) is 0.682. The molecule has 0 aliphatic heterocycles. The van der Waals surface area contributed by atoms with Crippen LogP contribution >= 0.6 is 11.6 Å². The van der Waals surface area contributed by atoms with Gasteiger partial charge in [0, 0.05) is 0 Å². The Morgan fingerprint density at radius 3 is 2.27 bits per heavy atom. The molecule has 84 valence electrons. The third-order valence-electron chi connectivity index (χ3n) is 1.68. The number of nitrogens with zero attached hydrogens (tertiary/aromatic N) is 1. The highest BCUT2D eigenvalue weighted by Gasteiger charge is 2.36. The zero-order valence-corrected chi connectivity index (χ0v) is 8.13. The molecule has 0 saturated heterocycles. The van der Waals surface area contributed by atoms with E-state index in [-0.39, 0.29) is 5.56 Å². The second-order valence-electron chi connectivity index (χ2n) is 2.82. The molecule has 0 N–H and O–H groups in total. The molecule has 0 radical (unpaired) electrons. The maximum atomic E-state index is 12.3. The van der Waals surface area contributed by atoms with Crippen molar-refractivity contribution in [3.8, 4) is 0 Å². The summed E-state index contributed by atoms with van der Waals surface area (Å²) in [5, 5.41) is -0.676. The predicted octanol–water partition coefficient (Wildman–Crippen LogP) is 4.00. The van der Waals surface area contributed by atoms with Crippen LogP contribution in [0.3, 0.4) is 0 Å². The summed E-state index contributed by atoms with van der Waals surface area (Å²) in [6, 6.07) is 0.832. The SMILES string of the molecule is Cc1cc(Cl)c(C(F)(F)F)nc1C(F)F. The van der Waals surface area contributed by atoms with Crippen LogP contribution in [-0.4, -0.2) is 4.98 Å². The lowest BCUT2D eigenvalue weighted by atomic mass is 10.2. The number of alkyl halides is 5. The molecule has 0 atom stereocenters. The van der Waals surface area contributed by atoms with Crippen molar-refractivity contribution in [2.45, 2.75) is 19.5 Å². The molecule has 7 heteroatoms. The summed E-state index contributed by atoms with van der Waals surface area (Å²) in [6.45, 7) is 1.22. The van der Waals surface area contributed by atoms with Crippen molar-refractivity contribution in [3.63, 3.8) is 0 Å². The molecule has 0 fully saturated rings. The van der Waals surface area contributed by atoms with Crippen molar-refractivity contribution in [2.75, 3.05) is 0 Å². The normalized spacial score (nSPS) is 12.3. The number of hydrogen-bond acceptors (Lipinski definition) is 1. The molecule has 1 heterocycles. The van der Waals surface area contributed by atoms with Gasteiger partial charge in [0.1, 0.15) is 5.69 Å². The van der Waals surface area contributed by atoms with Gasteiger partial charge in [-0.15, -0.1) is 0 Å². The Morgan fingerprint density at radius 2 is 1.87 bits per heavy atom. The van der Waals surface area contributed by atoms with Gasteiger partial charge < -0.3 is 0 Å². The first-order valence-electron chi connectivity index (χ1n) is 3.76. The number of halogens is 6. The summed E-state index contributed by atoms with van der Waals surface area (Å²) >= 11 is 5.26. The van der Waals surface area contributed by atoms with E-state index in [0.29, 0.717) is 0 Å². The minimum atomic E-state index is -4.82. The fourth-order valence-electron chi connectivity index (χ4n) is 1.01. The van der Waals surface area contributed by atoms with Crippen molar-refractivity contribution in [1.82, 2.24) is 4.98 Å². The maximum absolute atomic E-state index is 12.3. The predicted molar refractivity (Wildman–Crippen MR) is 43.9 cm³/mol. The van der Waals surface area contributed by atoms with E-state index in [1.807, 2.05) is 0 Å². The van der Waals surface area contributed by atoms with Gasteiger partial charge in [-0.05, 0) is 18.6 Å². The third-order valence-corrected chi connectivity index (χ3v) is 1.97. The second-order valence-corrected chi connectivity index (χ2v) is 3.23. The molecule has 1 aromatic rings. The molecule has 0 bridgehead atoms. The highest BCUT2D eigenvalue weighted by atomic mass is 35.5. The van der Waals surface area contributed by atoms with Crippen molar-refractivity contribution in [1.29, 1.82) is 0 Å². The largest absolute Gasteiger partial charge is 0.434 e. The number of hydrogen-bond donors (Lipinski definition) is 0. The lowest BCUT2D eigenvalue weighted by Crippen LogP contribution is -2.11. The van der Waals surface area contributed by atoms with E-state index < -0.39 is 29.0 Å². The van der Waals surface area contributed by atoms with Gasteiger partial charge in [-0.1, -0.05) is 11.6 Å². The van der Waals surface area contributed by atoms with Crippen LogP contribution in [0.15, 0.2) is 6.07 Å². The van der Waals surface area contributed by atoms with E-state index in [9.17, 15) is 22.0 Å². The molecule has 0 amide bonds. The first-order valence-corrected chi connectivity index (χ1v) is 4.13. The van der Waals surface area contributed by atoms with E-state index in [4.69, 9.17) is 11.6 Å². The summed E-state index contributed by atoms with van der Waals surface area (Å²) < 4.78 is 61.2. The van der Waals surface area contributed by atoms with E-state index in [1.54, 1.807) is 0 Å². The van der Waals surface area contributed by atoms with Crippen LogP contribution in [-0.2, 0) is 6.18 Å². The lowest BCUT2D eigenvalue weighted by molar-refractivity contribution is -0.141. The Bertz CT molecular complexity index is 374. The molecular weight excluding hydrogens is 241 g/mol. The lowest BCUT2D eigenvalue weighted by Gasteiger charge is -2.11. The van der Waals surface area contributed by atoms with Crippen molar-refractivity contribution in [3.05, 3.63) is 28.0 Å². The van der Waals surface area contributed by atoms with E-state index in [2.05, 4.69) is 4.98 Å². The van der Waals surface area contributed by atoms with Crippen LogP contribution in [0, 0.1) is 6.92 Å². The molecular formula is C8H5ClF5N. The molecule has 0 aliphatic carbocycles. The Kier molecular flexibility index (Phi) is 3.18. The molecule has 0 unspecified atom stereocenters. The number of aryl methyl sites for hydroxylation is 1. The standard InChI is InChI=1S/C8H5ClF5N/c1-3-2-4(9)6(8(12,13)14)15-5(3)7(10)11/h2,7H,1H3. The Morgan fingerprint density at radius 1 is 1.33 bits per heavy atom. The fraction of sp³-hybridized carbons (Fsp3) is 0.375. The van der Waals surface area contributed by atoms with Gasteiger partial charge in [0.15, 0.2) is 5.69 Å². The highest BCUT2D eigenvalue weighted by molar-refractivity contribution is 6.31. The minimum Gasteiger partial charge on any atom is -0.241 e. The Hall–Kier alpha value is -0.910. The summed E-state index contributed by atoms with van der Waals surface area (Å²) in [5.41, 5.74) is -2.44. The summed E-state index contributed by atoms with van der Waals surface area (Å²) in [5.74, 6) is 0. The Labute approximate surface area is 86.9 Å². The van der Waals surface area contributed by atoms with Gasteiger partial charge in [-0.25, -0.2) is 13.8 Å². The van der Waals surface area contributed by atoms with Gasteiger partial charge >= 0.3 is 6.18 Å². The zero-order chi connectivity index (χ0) is 11.8. The smallest absolute Gasteiger partial charge is 0.241 e. The van der Waals surface area contributed by atoms with E-state index in [0.717, 1.165) is 6.07 Å². The molecule has 0 spiro atoms. The molecule has 1 rings (SSSR count). The van der Waals surface area contributed by atoms with E-state index >= 15 is 0 Å². The van der Waals surface area contributed by atoms with Gasteiger partial charge in [-0.3, -0.25) is 0 Å². The molecule has 1 aromatic heterocycles. The summed E-state index contributed by atoms with van der Waals surface area (Å²) in [7, 11) is 0. The monoisotopic (exact) mass is 245 g/mol. The van der Waals surface area contributed by atoms with Crippen LogP contribution in [0.4, 0.5) is 22.0 Å². The number of rotatable bonds is 1. The molecule has 0 aliphatic rings. The van der Waals surface area contributed by atoms with Crippen LogP contribution in [0.25, 0.3) is 0 Å². The average Bonchev–Trinajstić information content (AvgIpc) is 2.00. The first kappa shape index (κ1) is 12.2. The van der Waals surface area contributed by atoms with Crippen LogP contribution in [0.2, 0.25) is 5.02 Å².